The lowest BCUT2D eigenvalue weighted by Crippen LogP contribution is -2.08. The predicted octanol–water partition coefficient (Wildman–Crippen LogP) is 4.92. The molecule has 0 saturated carbocycles. The van der Waals surface area contributed by atoms with Gasteiger partial charge in [0.1, 0.15) is 7.11 Å². The predicted molar refractivity (Wildman–Crippen MR) is 98.5 cm³/mol. The Labute approximate surface area is 154 Å². The van der Waals surface area contributed by atoms with Crippen molar-refractivity contribution >= 4 is 46.6 Å². The summed E-state index contributed by atoms with van der Waals surface area (Å²) in [6.07, 6.45) is 0. The molecule has 0 amide bonds. The zero-order valence-electron chi connectivity index (χ0n) is 13.1. The van der Waals surface area contributed by atoms with Crippen LogP contribution in [-0.4, -0.2) is 31.7 Å². The van der Waals surface area contributed by atoms with Gasteiger partial charge in [0, 0.05) is 21.2 Å². The van der Waals surface area contributed by atoms with Crippen LogP contribution in [-0.2, 0) is 9.57 Å². The van der Waals surface area contributed by atoms with E-state index < -0.39 is 0 Å². The van der Waals surface area contributed by atoms with Gasteiger partial charge in [-0.3, -0.25) is 0 Å². The van der Waals surface area contributed by atoms with Crippen molar-refractivity contribution in [1.29, 1.82) is 0 Å². The monoisotopic (exact) mass is 383 g/mol. The molecular weight excluding hydrogens is 369 g/mol. The van der Waals surface area contributed by atoms with Crippen LogP contribution in [0.5, 0.6) is 0 Å². The summed E-state index contributed by atoms with van der Waals surface area (Å²) in [4.78, 5) is 17.6. The number of halogens is 2. The van der Waals surface area contributed by atoms with E-state index >= 15 is 0 Å². The molecule has 126 valence electrons. The fourth-order valence-electron chi connectivity index (χ4n) is 2.00. The summed E-state index contributed by atoms with van der Waals surface area (Å²) in [5.74, 6) is 0.0799. The van der Waals surface area contributed by atoms with Gasteiger partial charge in [0.25, 0.3) is 0 Å². The minimum Gasteiger partial charge on any atom is -0.465 e. The van der Waals surface area contributed by atoms with E-state index in [0.717, 1.165) is 10.5 Å². The van der Waals surface area contributed by atoms with Crippen LogP contribution in [0.2, 0.25) is 10.0 Å². The van der Waals surface area contributed by atoms with E-state index in [4.69, 9.17) is 32.8 Å². The molecule has 0 radical (unpaired) electrons. The molecule has 0 heterocycles. The van der Waals surface area contributed by atoms with Gasteiger partial charge < -0.3 is 9.57 Å². The number of methoxy groups -OCH3 is 1. The number of hydrogen-bond acceptors (Lipinski definition) is 5. The third kappa shape index (κ3) is 4.66. The van der Waals surface area contributed by atoms with Crippen LogP contribution in [0.15, 0.2) is 52.5 Å². The molecule has 7 heteroatoms. The molecule has 0 atom stereocenters. The highest BCUT2D eigenvalue weighted by Crippen LogP contribution is 2.27. The highest BCUT2D eigenvalue weighted by Gasteiger charge is 2.15. The summed E-state index contributed by atoms with van der Waals surface area (Å²) >= 11 is 13.6. The molecule has 0 aliphatic heterocycles. The average molecular weight is 384 g/mol. The van der Waals surface area contributed by atoms with Gasteiger partial charge in [-0.1, -0.05) is 46.6 Å². The van der Waals surface area contributed by atoms with Crippen molar-refractivity contribution in [2.24, 2.45) is 5.16 Å². The standard InChI is InChI=1S/C17H15Cl2NO3S/c1-22-17(21)13-5-3-4-6-16(13)24-10-15(20-23-2)12-8-7-11(18)9-14(12)19/h3-9H,10H2,1-2H3. The lowest BCUT2D eigenvalue weighted by Gasteiger charge is -2.10. The van der Waals surface area contributed by atoms with Gasteiger partial charge in [0.05, 0.1) is 23.4 Å². The topological polar surface area (TPSA) is 47.9 Å². The number of hydrogen-bond donors (Lipinski definition) is 0. The van der Waals surface area contributed by atoms with Crippen LogP contribution in [0.4, 0.5) is 0 Å². The van der Waals surface area contributed by atoms with E-state index in [1.54, 1.807) is 30.3 Å². The van der Waals surface area contributed by atoms with Crippen molar-refractivity contribution in [3.63, 3.8) is 0 Å². The Morgan fingerprint density at radius 1 is 1.12 bits per heavy atom. The molecule has 0 aromatic heterocycles. The van der Waals surface area contributed by atoms with Gasteiger partial charge in [0.15, 0.2) is 0 Å². The van der Waals surface area contributed by atoms with E-state index in [9.17, 15) is 4.79 Å². The molecule has 0 fully saturated rings. The molecule has 4 nitrogen and oxygen atoms in total. The summed E-state index contributed by atoms with van der Waals surface area (Å²) < 4.78 is 4.81. The normalized spacial score (nSPS) is 11.2. The molecule has 24 heavy (non-hydrogen) atoms. The average Bonchev–Trinajstić information content (AvgIpc) is 2.58. The van der Waals surface area contributed by atoms with Crippen LogP contribution >= 0.6 is 35.0 Å². The van der Waals surface area contributed by atoms with Gasteiger partial charge >= 0.3 is 5.97 Å². The SMILES string of the molecule is CON=C(CSc1ccccc1C(=O)OC)c1ccc(Cl)cc1Cl. The number of carbonyl (C=O) groups excluding carboxylic acids is 1. The van der Waals surface area contributed by atoms with Crippen molar-refractivity contribution < 1.29 is 14.4 Å². The minimum absolute atomic E-state index is 0.382. The Hall–Kier alpha value is -1.69. The number of ether oxygens (including phenoxy) is 1. The van der Waals surface area contributed by atoms with Crippen molar-refractivity contribution in [3.8, 4) is 0 Å². The van der Waals surface area contributed by atoms with Gasteiger partial charge in [-0.2, -0.15) is 0 Å². The molecule has 2 aromatic carbocycles. The maximum atomic E-state index is 11.8. The Morgan fingerprint density at radius 3 is 2.54 bits per heavy atom. The van der Waals surface area contributed by atoms with Gasteiger partial charge in [-0.05, 0) is 24.3 Å². The fraction of sp³-hybridized carbons (Fsp3) is 0.176. The summed E-state index contributed by atoms with van der Waals surface area (Å²) in [6.45, 7) is 0. The molecule has 0 aliphatic rings. The fourth-order valence-corrected chi connectivity index (χ4v) is 3.50. The van der Waals surface area contributed by atoms with Crippen LogP contribution in [0.25, 0.3) is 0 Å². The second-order valence-corrected chi connectivity index (χ2v) is 6.48. The van der Waals surface area contributed by atoms with E-state index in [2.05, 4.69) is 5.16 Å². The molecule has 0 saturated heterocycles. The van der Waals surface area contributed by atoms with Gasteiger partial charge in [-0.15, -0.1) is 11.8 Å². The van der Waals surface area contributed by atoms with E-state index in [0.29, 0.717) is 27.1 Å². The lowest BCUT2D eigenvalue weighted by molar-refractivity contribution is 0.0597. The third-order valence-corrected chi connectivity index (χ3v) is 4.73. The Bertz CT molecular complexity index is 765. The van der Waals surface area contributed by atoms with Crippen molar-refractivity contribution in [1.82, 2.24) is 0 Å². The number of oxime groups is 1. The smallest absolute Gasteiger partial charge is 0.338 e. The summed E-state index contributed by atoms with van der Waals surface area (Å²) in [7, 11) is 2.83. The molecule has 0 bridgehead atoms. The Balaban J connectivity index is 2.25. The number of thioether (sulfide) groups is 1. The maximum Gasteiger partial charge on any atom is 0.338 e. The van der Waals surface area contributed by atoms with Gasteiger partial charge in [-0.25, -0.2) is 4.79 Å². The highest BCUT2D eigenvalue weighted by atomic mass is 35.5. The molecule has 2 rings (SSSR count). The second kappa shape index (κ2) is 8.97. The quantitative estimate of drug-likeness (QED) is 0.307. The number of nitrogens with zero attached hydrogens (tertiary/aromatic N) is 1. The van der Waals surface area contributed by atoms with Crippen molar-refractivity contribution in [2.45, 2.75) is 4.90 Å². The number of benzene rings is 2. The summed E-state index contributed by atoms with van der Waals surface area (Å²) in [5, 5.41) is 5.08. The molecule has 0 N–H and O–H groups in total. The minimum atomic E-state index is -0.382. The molecule has 0 aliphatic carbocycles. The first-order chi connectivity index (χ1) is 11.6. The number of rotatable bonds is 6. The summed E-state index contributed by atoms with van der Waals surface area (Å²) in [5.41, 5.74) is 1.87. The van der Waals surface area contributed by atoms with Crippen LogP contribution in [0, 0.1) is 0 Å². The molecule has 2 aromatic rings. The highest BCUT2D eigenvalue weighted by molar-refractivity contribution is 8.00. The molecule has 0 spiro atoms. The van der Waals surface area contributed by atoms with Crippen molar-refractivity contribution in [2.75, 3.05) is 20.0 Å². The zero-order chi connectivity index (χ0) is 17.5. The maximum absolute atomic E-state index is 11.8. The van der Waals surface area contributed by atoms with Crippen LogP contribution < -0.4 is 0 Å². The van der Waals surface area contributed by atoms with E-state index in [1.807, 2.05) is 12.1 Å². The largest absolute Gasteiger partial charge is 0.465 e. The number of carbonyl (C=O) groups is 1. The first-order valence-corrected chi connectivity index (χ1v) is 8.66. The third-order valence-electron chi connectivity index (χ3n) is 3.10. The molecular formula is C17H15Cl2NO3S. The summed E-state index contributed by atoms with van der Waals surface area (Å²) in [6, 6.07) is 12.4. The van der Waals surface area contributed by atoms with Crippen molar-refractivity contribution in [3.05, 3.63) is 63.6 Å². The second-order valence-electron chi connectivity index (χ2n) is 4.62. The zero-order valence-corrected chi connectivity index (χ0v) is 15.4. The van der Waals surface area contributed by atoms with Crippen LogP contribution in [0.3, 0.4) is 0 Å². The Kier molecular flexibility index (Phi) is 6.97. The molecule has 0 unspecified atom stereocenters. The first-order valence-electron chi connectivity index (χ1n) is 6.92. The lowest BCUT2D eigenvalue weighted by atomic mass is 10.1. The van der Waals surface area contributed by atoms with Crippen LogP contribution in [0.1, 0.15) is 15.9 Å². The van der Waals surface area contributed by atoms with E-state index in [-0.39, 0.29) is 5.97 Å². The Morgan fingerprint density at radius 2 is 1.88 bits per heavy atom. The van der Waals surface area contributed by atoms with E-state index in [1.165, 1.54) is 26.0 Å². The number of esters is 1. The first kappa shape index (κ1) is 18.6. The van der Waals surface area contributed by atoms with Gasteiger partial charge in [0.2, 0.25) is 0 Å².